The minimum atomic E-state index is -0.00212. The summed E-state index contributed by atoms with van der Waals surface area (Å²) in [5, 5.41) is 9.25. The Labute approximate surface area is 161 Å². The number of hydrogen-bond acceptors (Lipinski definition) is 7. The van der Waals surface area contributed by atoms with Crippen molar-refractivity contribution in [2.75, 3.05) is 65.0 Å². The molecule has 1 aromatic heterocycles. The Morgan fingerprint density at radius 2 is 1.88 bits per heavy atom. The summed E-state index contributed by atoms with van der Waals surface area (Å²) in [5.74, 6) is 1.01. The number of pyridine rings is 1. The molecule has 6 nitrogen and oxygen atoms in total. The van der Waals surface area contributed by atoms with E-state index in [4.69, 9.17) is 14.2 Å². The number of hydrogen-bond donors (Lipinski definition) is 1. The maximum atomic E-state index is 9.25. The zero-order valence-electron chi connectivity index (χ0n) is 15.8. The van der Waals surface area contributed by atoms with Crippen LogP contribution in [0.25, 0.3) is 0 Å². The van der Waals surface area contributed by atoms with E-state index in [0.29, 0.717) is 0 Å². The van der Waals surface area contributed by atoms with Gasteiger partial charge in [-0.2, -0.15) is 0 Å². The predicted molar refractivity (Wildman–Crippen MR) is 104 cm³/mol. The van der Waals surface area contributed by atoms with Crippen molar-refractivity contribution in [2.24, 2.45) is 0 Å². The van der Waals surface area contributed by atoms with Gasteiger partial charge in [-0.15, -0.1) is 11.8 Å². The van der Waals surface area contributed by atoms with Gasteiger partial charge in [-0.05, 0) is 31.4 Å². The van der Waals surface area contributed by atoms with E-state index >= 15 is 0 Å². The van der Waals surface area contributed by atoms with Crippen molar-refractivity contribution >= 4 is 11.8 Å². The fourth-order valence-corrected chi connectivity index (χ4v) is 3.68. The maximum absolute atomic E-state index is 9.25. The maximum Gasteiger partial charge on any atom is 0.0856 e. The van der Waals surface area contributed by atoms with E-state index in [1.165, 1.54) is 4.90 Å². The lowest BCUT2D eigenvalue weighted by Gasteiger charge is -2.26. The number of aromatic nitrogens is 1. The van der Waals surface area contributed by atoms with Crippen LogP contribution >= 0.6 is 11.8 Å². The summed E-state index contributed by atoms with van der Waals surface area (Å²) in [6.45, 7) is 9.81. The van der Waals surface area contributed by atoms with E-state index < -0.39 is 0 Å². The number of aliphatic hydroxyl groups is 1. The number of morpholine rings is 1. The monoisotopic (exact) mass is 384 g/mol. The van der Waals surface area contributed by atoms with Gasteiger partial charge in [-0.25, -0.2) is 0 Å². The first-order valence-corrected chi connectivity index (χ1v) is 10.4. The normalized spacial score (nSPS) is 15.5. The third-order valence-electron chi connectivity index (χ3n) is 4.33. The smallest absolute Gasteiger partial charge is 0.0856 e. The number of ether oxygens (including phenoxy) is 3. The van der Waals surface area contributed by atoms with Crippen LogP contribution < -0.4 is 0 Å². The molecule has 0 aliphatic carbocycles. The van der Waals surface area contributed by atoms with Crippen molar-refractivity contribution in [1.29, 1.82) is 0 Å². The van der Waals surface area contributed by atoms with Crippen LogP contribution in [0.3, 0.4) is 0 Å². The van der Waals surface area contributed by atoms with Crippen LogP contribution in [-0.2, 0) is 20.8 Å². The van der Waals surface area contributed by atoms with E-state index in [1.807, 2.05) is 13.0 Å². The molecular formula is C19H32N2O4S. The highest BCUT2D eigenvalue weighted by molar-refractivity contribution is 7.99. The fourth-order valence-electron chi connectivity index (χ4n) is 2.70. The van der Waals surface area contributed by atoms with E-state index in [1.54, 1.807) is 18.0 Å². The largest absolute Gasteiger partial charge is 0.390 e. The molecule has 0 bridgehead atoms. The summed E-state index contributed by atoms with van der Waals surface area (Å²) in [6.07, 6.45) is 3.72. The van der Waals surface area contributed by atoms with Crippen molar-refractivity contribution < 1.29 is 19.3 Å². The minimum absolute atomic E-state index is 0.00212. The van der Waals surface area contributed by atoms with Gasteiger partial charge in [-0.3, -0.25) is 9.88 Å². The van der Waals surface area contributed by atoms with Crippen LogP contribution in [0.1, 0.15) is 24.1 Å². The van der Waals surface area contributed by atoms with Crippen molar-refractivity contribution in [2.45, 2.75) is 31.3 Å². The first-order chi connectivity index (χ1) is 12.8. The molecule has 0 spiro atoms. The van der Waals surface area contributed by atoms with Crippen molar-refractivity contribution in [3.8, 4) is 0 Å². The highest BCUT2D eigenvalue weighted by Gasteiger charge is 2.09. The quantitative estimate of drug-likeness (QED) is 0.413. The average Bonchev–Trinajstić information content (AvgIpc) is 2.68. The molecule has 26 heavy (non-hydrogen) atoms. The molecule has 0 unspecified atom stereocenters. The molecule has 0 amide bonds. The van der Waals surface area contributed by atoms with Gasteiger partial charge in [0.1, 0.15) is 0 Å². The molecule has 1 aliphatic rings. The lowest BCUT2D eigenvalue weighted by molar-refractivity contribution is 0.0173. The SMILES string of the molecule is Cc1c(SCCCOCCCOCCN2CCOCC2)ccnc1CO. The summed E-state index contributed by atoms with van der Waals surface area (Å²) >= 11 is 1.80. The molecule has 2 heterocycles. The van der Waals surface area contributed by atoms with Gasteiger partial charge < -0.3 is 19.3 Å². The van der Waals surface area contributed by atoms with Gasteiger partial charge in [0.05, 0.1) is 32.1 Å². The van der Waals surface area contributed by atoms with Gasteiger partial charge in [0.15, 0.2) is 0 Å². The third-order valence-corrected chi connectivity index (χ3v) is 5.58. The average molecular weight is 385 g/mol. The lowest BCUT2D eigenvalue weighted by atomic mass is 10.2. The van der Waals surface area contributed by atoms with Gasteiger partial charge in [0.2, 0.25) is 0 Å². The zero-order chi connectivity index (χ0) is 18.5. The van der Waals surface area contributed by atoms with E-state index in [-0.39, 0.29) is 6.61 Å². The summed E-state index contributed by atoms with van der Waals surface area (Å²) in [7, 11) is 0. The number of thioether (sulfide) groups is 1. The Kier molecular flexibility index (Phi) is 11.2. The standard InChI is InChI=1S/C19H32N2O4S/c1-17-18(16-22)20-5-4-19(17)26-15-3-11-23-9-2-10-24-12-6-21-7-13-25-14-8-21/h4-5,22H,2-3,6-16H2,1H3. The van der Waals surface area contributed by atoms with Crippen LogP contribution in [0.5, 0.6) is 0 Å². The molecule has 1 aliphatic heterocycles. The Hall–Kier alpha value is -0.700. The molecule has 2 rings (SSSR count). The molecule has 1 aromatic rings. The summed E-state index contributed by atoms with van der Waals surface area (Å²) in [6, 6.07) is 2.01. The van der Waals surface area contributed by atoms with E-state index in [0.717, 1.165) is 89.1 Å². The Morgan fingerprint density at radius 1 is 1.15 bits per heavy atom. The van der Waals surface area contributed by atoms with Crippen LogP contribution in [0, 0.1) is 6.92 Å². The van der Waals surface area contributed by atoms with Crippen molar-refractivity contribution in [3.63, 3.8) is 0 Å². The third kappa shape index (κ3) is 8.33. The second kappa shape index (κ2) is 13.5. The van der Waals surface area contributed by atoms with Crippen LogP contribution in [-0.4, -0.2) is 80.0 Å². The Balaban J connectivity index is 1.39. The summed E-state index contributed by atoms with van der Waals surface area (Å²) in [5.41, 5.74) is 1.84. The summed E-state index contributed by atoms with van der Waals surface area (Å²) < 4.78 is 16.7. The number of nitrogens with zero attached hydrogens (tertiary/aromatic N) is 2. The first kappa shape index (κ1) is 21.6. The van der Waals surface area contributed by atoms with Crippen molar-refractivity contribution in [3.05, 3.63) is 23.5 Å². The molecule has 1 saturated heterocycles. The molecule has 1 N–H and O–H groups in total. The number of rotatable bonds is 13. The van der Waals surface area contributed by atoms with Gasteiger partial charge >= 0.3 is 0 Å². The molecule has 0 saturated carbocycles. The minimum Gasteiger partial charge on any atom is -0.390 e. The second-order valence-corrected chi connectivity index (χ2v) is 7.41. The predicted octanol–water partition coefficient (Wildman–Crippen LogP) is 2.12. The Bertz CT molecular complexity index is 498. The molecule has 0 radical (unpaired) electrons. The molecule has 7 heteroatoms. The van der Waals surface area contributed by atoms with Gasteiger partial charge in [0, 0.05) is 56.3 Å². The first-order valence-electron chi connectivity index (χ1n) is 9.45. The molecule has 148 valence electrons. The topological polar surface area (TPSA) is 64.1 Å². The highest BCUT2D eigenvalue weighted by atomic mass is 32.2. The van der Waals surface area contributed by atoms with Crippen LogP contribution in [0.15, 0.2) is 17.2 Å². The lowest BCUT2D eigenvalue weighted by Crippen LogP contribution is -2.38. The van der Waals surface area contributed by atoms with Crippen molar-refractivity contribution in [1.82, 2.24) is 9.88 Å². The molecule has 0 atom stereocenters. The second-order valence-electron chi connectivity index (χ2n) is 6.27. The zero-order valence-corrected chi connectivity index (χ0v) is 16.6. The molecule has 1 fully saturated rings. The van der Waals surface area contributed by atoms with Crippen LogP contribution in [0.4, 0.5) is 0 Å². The fraction of sp³-hybridized carbons (Fsp3) is 0.737. The van der Waals surface area contributed by atoms with Gasteiger partial charge in [-0.1, -0.05) is 0 Å². The Morgan fingerprint density at radius 3 is 2.65 bits per heavy atom. The molecule has 0 aromatic carbocycles. The van der Waals surface area contributed by atoms with E-state index in [9.17, 15) is 5.11 Å². The number of aliphatic hydroxyl groups excluding tert-OH is 1. The van der Waals surface area contributed by atoms with E-state index in [2.05, 4.69) is 9.88 Å². The van der Waals surface area contributed by atoms with Gasteiger partial charge in [0.25, 0.3) is 0 Å². The highest BCUT2D eigenvalue weighted by Crippen LogP contribution is 2.24. The summed E-state index contributed by atoms with van der Waals surface area (Å²) in [4.78, 5) is 7.75. The molecular weight excluding hydrogens is 352 g/mol. The van der Waals surface area contributed by atoms with Crippen LogP contribution in [0.2, 0.25) is 0 Å².